The van der Waals surface area contributed by atoms with Gasteiger partial charge >= 0.3 is 0 Å². The lowest BCUT2D eigenvalue weighted by Gasteiger charge is -2.02. The molecule has 0 saturated carbocycles. The maximum atomic E-state index is 12.6. The second-order valence-electron chi connectivity index (χ2n) is 6.45. The van der Waals surface area contributed by atoms with E-state index in [0.29, 0.717) is 21.5 Å². The first-order chi connectivity index (χ1) is 14.1. The van der Waals surface area contributed by atoms with Crippen molar-refractivity contribution < 1.29 is 4.79 Å². The molecule has 1 N–H and O–H groups in total. The molecular weight excluding hydrogens is 402 g/mol. The molecule has 0 aliphatic heterocycles. The van der Waals surface area contributed by atoms with Gasteiger partial charge in [-0.3, -0.25) is 20.1 Å². The van der Waals surface area contributed by atoms with Gasteiger partial charge in [-0.15, -0.1) is 22.7 Å². The number of anilines is 1. The van der Waals surface area contributed by atoms with Crippen LogP contribution >= 0.6 is 22.7 Å². The predicted molar refractivity (Wildman–Crippen MR) is 117 cm³/mol. The van der Waals surface area contributed by atoms with Crippen LogP contribution in [-0.2, 0) is 6.42 Å². The Labute approximate surface area is 176 Å². The average molecular weight is 422 g/mol. The molecule has 1 amide bonds. The molecule has 29 heavy (non-hydrogen) atoms. The Kier molecular flexibility index (Phi) is 5.73. The molecule has 0 aliphatic carbocycles. The standard InChI is InChI=1S/C21H19N5OS2/c1-3-4-14-5-7-15(8-6-14)18-13(2)29-21(25-18)26-19(27)17-12-28-20(24-17)16-11-22-9-10-23-16/h5-12H,3-4H2,1-2H3,(H,25,26,27). The SMILES string of the molecule is CCCc1ccc(-c2nc(NC(=O)c3csc(-c4cnccn4)n3)sc2C)cc1. The third-order valence-corrected chi connectivity index (χ3v) is 6.05. The molecule has 0 unspecified atom stereocenters. The molecular formula is C21H19N5OS2. The highest BCUT2D eigenvalue weighted by Crippen LogP contribution is 2.31. The van der Waals surface area contributed by atoms with E-state index in [1.807, 2.05) is 6.92 Å². The molecule has 3 aromatic heterocycles. The zero-order valence-electron chi connectivity index (χ0n) is 16.0. The predicted octanol–water partition coefficient (Wildman–Crippen LogP) is 5.24. The number of aryl methyl sites for hydroxylation is 2. The first-order valence-electron chi connectivity index (χ1n) is 9.24. The number of nitrogens with one attached hydrogen (secondary N) is 1. The maximum Gasteiger partial charge on any atom is 0.276 e. The highest BCUT2D eigenvalue weighted by molar-refractivity contribution is 7.16. The van der Waals surface area contributed by atoms with Gasteiger partial charge in [0.25, 0.3) is 5.91 Å². The van der Waals surface area contributed by atoms with Gasteiger partial charge in [0.2, 0.25) is 0 Å². The van der Waals surface area contributed by atoms with E-state index in [4.69, 9.17) is 0 Å². The van der Waals surface area contributed by atoms with Crippen molar-refractivity contribution in [3.63, 3.8) is 0 Å². The van der Waals surface area contributed by atoms with Crippen LogP contribution in [0.15, 0.2) is 48.2 Å². The smallest absolute Gasteiger partial charge is 0.276 e. The van der Waals surface area contributed by atoms with Crippen LogP contribution in [0.5, 0.6) is 0 Å². The number of amides is 1. The van der Waals surface area contributed by atoms with Crippen molar-refractivity contribution in [2.75, 3.05) is 5.32 Å². The summed E-state index contributed by atoms with van der Waals surface area (Å²) in [6.07, 6.45) is 7.03. The fraction of sp³-hybridized carbons (Fsp3) is 0.190. The molecule has 0 fully saturated rings. The topological polar surface area (TPSA) is 80.7 Å². The Morgan fingerprint density at radius 2 is 1.97 bits per heavy atom. The van der Waals surface area contributed by atoms with Gasteiger partial charge in [-0.1, -0.05) is 37.6 Å². The van der Waals surface area contributed by atoms with Crippen LogP contribution in [0.4, 0.5) is 5.13 Å². The van der Waals surface area contributed by atoms with Gasteiger partial charge in [0, 0.05) is 28.2 Å². The second kappa shape index (κ2) is 8.59. The molecule has 0 bridgehead atoms. The number of hydrogen-bond donors (Lipinski definition) is 1. The van der Waals surface area contributed by atoms with E-state index < -0.39 is 0 Å². The summed E-state index contributed by atoms with van der Waals surface area (Å²) in [4.78, 5) is 30.9. The number of thiazole rings is 2. The molecule has 0 aliphatic rings. The van der Waals surface area contributed by atoms with Crippen molar-refractivity contribution in [2.24, 2.45) is 0 Å². The van der Waals surface area contributed by atoms with E-state index in [-0.39, 0.29) is 5.91 Å². The summed E-state index contributed by atoms with van der Waals surface area (Å²) < 4.78 is 0. The first-order valence-corrected chi connectivity index (χ1v) is 10.9. The third kappa shape index (κ3) is 4.38. The summed E-state index contributed by atoms with van der Waals surface area (Å²) in [6.45, 7) is 4.18. The fourth-order valence-electron chi connectivity index (χ4n) is 2.90. The number of rotatable bonds is 6. The van der Waals surface area contributed by atoms with Gasteiger partial charge in [0.1, 0.15) is 16.4 Å². The largest absolute Gasteiger partial charge is 0.296 e. The number of carbonyl (C=O) groups is 1. The summed E-state index contributed by atoms with van der Waals surface area (Å²) in [5.41, 5.74) is 4.26. The summed E-state index contributed by atoms with van der Waals surface area (Å²) in [5.74, 6) is -0.282. The Morgan fingerprint density at radius 1 is 1.14 bits per heavy atom. The Bertz CT molecular complexity index is 1120. The highest BCUT2D eigenvalue weighted by atomic mass is 32.1. The lowest BCUT2D eigenvalue weighted by molar-refractivity contribution is 0.102. The van der Waals surface area contributed by atoms with Crippen molar-refractivity contribution in [3.8, 4) is 22.0 Å². The lowest BCUT2D eigenvalue weighted by Crippen LogP contribution is -2.12. The molecule has 8 heteroatoms. The molecule has 0 spiro atoms. The van der Waals surface area contributed by atoms with Crippen molar-refractivity contribution in [3.05, 3.63) is 64.4 Å². The van der Waals surface area contributed by atoms with E-state index >= 15 is 0 Å². The van der Waals surface area contributed by atoms with Crippen LogP contribution in [0.3, 0.4) is 0 Å². The number of aromatic nitrogens is 4. The minimum Gasteiger partial charge on any atom is -0.296 e. The van der Waals surface area contributed by atoms with Gasteiger partial charge in [-0.25, -0.2) is 9.97 Å². The molecule has 6 nitrogen and oxygen atoms in total. The highest BCUT2D eigenvalue weighted by Gasteiger charge is 2.16. The van der Waals surface area contributed by atoms with E-state index in [0.717, 1.165) is 29.0 Å². The number of carbonyl (C=O) groups excluding carboxylic acids is 1. The van der Waals surface area contributed by atoms with E-state index in [1.54, 1.807) is 24.0 Å². The molecule has 0 saturated heterocycles. The molecule has 0 atom stereocenters. The van der Waals surface area contributed by atoms with E-state index in [2.05, 4.69) is 56.4 Å². The first kappa shape index (κ1) is 19.4. The average Bonchev–Trinajstić information content (AvgIpc) is 3.37. The lowest BCUT2D eigenvalue weighted by atomic mass is 10.1. The molecule has 0 radical (unpaired) electrons. The summed E-state index contributed by atoms with van der Waals surface area (Å²) in [7, 11) is 0. The van der Waals surface area contributed by atoms with Crippen molar-refractivity contribution in [2.45, 2.75) is 26.7 Å². The fourth-order valence-corrected chi connectivity index (χ4v) is 4.49. The Morgan fingerprint density at radius 3 is 2.69 bits per heavy atom. The maximum absolute atomic E-state index is 12.6. The van der Waals surface area contributed by atoms with E-state index in [9.17, 15) is 4.79 Å². The van der Waals surface area contributed by atoms with Crippen LogP contribution in [0.1, 0.15) is 34.3 Å². The summed E-state index contributed by atoms with van der Waals surface area (Å²) in [6, 6.07) is 8.46. The molecule has 1 aromatic carbocycles. The van der Waals surface area contributed by atoms with Crippen LogP contribution in [0.2, 0.25) is 0 Å². The van der Waals surface area contributed by atoms with Gasteiger partial charge in [0.15, 0.2) is 5.13 Å². The minimum atomic E-state index is -0.282. The third-order valence-electron chi connectivity index (χ3n) is 4.30. The van der Waals surface area contributed by atoms with Crippen LogP contribution in [0.25, 0.3) is 22.0 Å². The molecule has 146 valence electrons. The minimum absolute atomic E-state index is 0.282. The Balaban J connectivity index is 1.49. The van der Waals surface area contributed by atoms with Crippen LogP contribution < -0.4 is 5.32 Å². The van der Waals surface area contributed by atoms with Crippen molar-refractivity contribution >= 4 is 33.7 Å². The van der Waals surface area contributed by atoms with Crippen LogP contribution in [-0.4, -0.2) is 25.8 Å². The quantitative estimate of drug-likeness (QED) is 0.461. The van der Waals surface area contributed by atoms with Gasteiger partial charge in [0.05, 0.1) is 11.9 Å². The molecule has 4 rings (SSSR count). The molecule has 4 aromatic rings. The summed E-state index contributed by atoms with van der Waals surface area (Å²) >= 11 is 2.82. The number of hydrogen-bond acceptors (Lipinski definition) is 7. The van der Waals surface area contributed by atoms with Gasteiger partial charge in [-0.2, -0.15) is 0 Å². The zero-order chi connectivity index (χ0) is 20.2. The number of nitrogens with zero attached hydrogens (tertiary/aromatic N) is 4. The monoisotopic (exact) mass is 421 g/mol. The Hall–Kier alpha value is -2.97. The molecule has 3 heterocycles. The van der Waals surface area contributed by atoms with Gasteiger partial charge in [-0.05, 0) is 18.9 Å². The second-order valence-corrected chi connectivity index (χ2v) is 8.51. The van der Waals surface area contributed by atoms with Crippen molar-refractivity contribution in [1.82, 2.24) is 19.9 Å². The van der Waals surface area contributed by atoms with Gasteiger partial charge < -0.3 is 0 Å². The normalized spacial score (nSPS) is 10.8. The van der Waals surface area contributed by atoms with E-state index in [1.165, 1.54) is 28.2 Å². The zero-order valence-corrected chi connectivity index (χ0v) is 17.7. The number of benzene rings is 1. The summed E-state index contributed by atoms with van der Waals surface area (Å²) in [5, 5.41) is 5.80. The van der Waals surface area contributed by atoms with Crippen molar-refractivity contribution in [1.29, 1.82) is 0 Å². The van der Waals surface area contributed by atoms with Crippen LogP contribution in [0, 0.1) is 6.92 Å².